The van der Waals surface area contributed by atoms with Crippen LogP contribution in [0.25, 0.3) is 0 Å². The Hall–Kier alpha value is -1.40. The minimum absolute atomic E-state index is 0.0166. The Morgan fingerprint density at radius 2 is 1.57 bits per heavy atom. The van der Waals surface area contributed by atoms with Gasteiger partial charge in [-0.15, -0.1) is 0 Å². The number of amides is 1. The van der Waals surface area contributed by atoms with Crippen LogP contribution in [0.3, 0.4) is 0 Å². The largest absolute Gasteiger partial charge is 0.465 e. The third kappa shape index (κ3) is 5.62. The molecule has 0 radical (unpaired) electrons. The third-order valence-corrected chi connectivity index (χ3v) is 4.23. The number of hydrogen-bond acceptors (Lipinski definition) is 6. The smallest absolute Gasteiger partial charge is 0.326 e. The molecule has 0 aromatic rings. The van der Waals surface area contributed by atoms with Crippen LogP contribution in [-0.4, -0.2) is 41.7 Å². The normalized spacial score (nSPS) is 14.0. The zero-order valence-corrected chi connectivity index (χ0v) is 15.2. The van der Waals surface area contributed by atoms with E-state index < -0.39 is 37.1 Å². The Morgan fingerprint density at radius 3 is 1.83 bits per heavy atom. The van der Waals surface area contributed by atoms with Gasteiger partial charge in [0.15, 0.2) is 5.41 Å². The van der Waals surface area contributed by atoms with Gasteiger partial charge in [-0.05, 0) is 26.2 Å². The lowest BCUT2D eigenvalue weighted by molar-refractivity contribution is -0.174. The molecular weight excluding hydrogens is 325 g/mol. The van der Waals surface area contributed by atoms with Gasteiger partial charge >= 0.3 is 11.9 Å². The fraction of sp³-hybridized carbons (Fsp3) is 0.786. The topological polar surface area (TPSA) is 119 Å². The standard InChI is InChI=1S/C14H26NO7P/c1-6-21-12(17)14(8-9(3)4,13(18)22-7-2)11(23(19)20)15-10(5)16/h9,11,23H,6-8H2,1-5H3,(H,15,16)(H,19,20). The molecule has 9 heteroatoms. The minimum Gasteiger partial charge on any atom is -0.465 e. The molecule has 2 atom stereocenters. The summed E-state index contributed by atoms with van der Waals surface area (Å²) in [5.74, 6) is -4.37. The Bertz CT molecular complexity index is 446. The molecule has 0 spiro atoms. The number of hydrogen-bond donors (Lipinski definition) is 2. The summed E-state index contributed by atoms with van der Waals surface area (Å²) >= 11 is 0. The molecule has 0 aliphatic rings. The molecule has 0 aromatic heterocycles. The van der Waals surface area contributed by atoms with Crippen molar-refractivity contribution in [3.8, 4) is 0 Å². The van der Waals surface area contributed by atoms with E-state index in [0.29, 0.717) is 0 Å². The van der Waals surface area contributed by atoms with Gasteiger partial charge in [-0.1, -0.05) is 13.8 Å². The second-order valence-electron chi connectivity index (χ2n) is 5.48. The number of carbonyl (C=O) groups is 3. The lowest BCUT2D eigenvalue weighted by Crippen LogP contribution is -2.56. The molecule has 2 unspecified atom stereocenters. The second-order valence-corrected chi connectivity index (χ2v) is 6.74. The van der Waals surface area contributed by atoms with Gasteiger partial charge in [-0.25, -0.2) is 0 Å². The average Bonchev–Trinajstić information content (AvgIpc) is 2.42. The Morgan fingerprint density at radius 1 is 1.13 bits per heavy atom. The molecule has 23 heavy (non-hydrogen) atoms. The van der Waals surface area contributed by atoms with Crippen LogP contribution < -0.4 is 5.32 Å². The van der Waals surface area contributed by atoms with E-state index in [4.69, 9.17) is 9.47 Å². The zero-order valence-electron chi connectivity index (χ0n) is 14.2. The number of rotatable bonds is 9. The highest BCUT2D eigenvalue weighted by Gasteiger charge is 2.57. The summed E-state index contributed by atoms with van der Waals surface area (Å²) in [7, 11) is -3.48. The van der Waals surface area contributed by atoms with E-state index in [9.17, 15) is 23.8 Å². The van der Waals surface area contributed by atoms with Crippen LogP contribution in [-0.2, 0) is 28.4 Å². The van der Waals surface area contributed by atoms with Crippen LogP contribution in [0.1, 0.15) is 41.0 Å². The maximum atomic E-state index is 12.5. The van der Waals surface area contributed by atoms with E-state index in [0.717, 1.165) is 6.92 Å². The average molecular weight is 351 g/mol. The van der Waals surface area contributed by atoms with Gasteiger partial charge in [0.2, 0.25) is 13.9 Å². The Balaban J connectivity index is 6.22. The van der Waals surface area contributed by atoms with E-state index in [1.807, 2.05) is 0 Å². The molecule has 0 aliphatic carbocycles. The lowest BCUT2D eigenvalue weighted by atomic mass is 9.79. The highest BCUT2D eigenvalue weighted by Crippen LogP contribution is 2.43. The molecule has 1 amide bonds. The van der Waals surface area contributed by atoms with E-state index in [1.54, 1.807) is 27.7 Å². The van der Waals surface area contributed by atoms with Crippen LogP contribution in [0.2, 0.25) is 0 Å². The maximum Gasteiger partial charge on any atom is 0.326 e. The summed E-state index contributed by atoms with van der Waals surface area (Å²) in [4.78, 5) is 46.1. The van der Waals surface area contributed by atoms with E-state index >= 15 is 0 Å². The Labute approximate surface area is 136 Å². The fourth-order valence-electron chi connectivity index (χ4n) is 2.37. The molecular formula is C14H26NO7P. The first-order valence-electron chi connectivity index (χ1n) is 7.47. The van der Waals surface area contributed by atoms with Crippen molar-refractivity contribution in [1.29, 1.82) is 0 Å². The first kappa shape index (κ1) is 21.6. The summed E-state index contributed by atoms with van der Waals surface area (Å²) in [6.07, 6.45) is -0.0907. The lowest BCUT2D eigenvalue weighted by Gasteiger charge is -2.36. The van der Waals surface area contributed by atoms with Crippen molar-refractivity contribution in [2.24, 2.45) is 11.3 Å². The van der Waals surface area contributed by atoms with Crippen molar-refractivity contribution in [2.45, 2.75) is 46.8 Å². The highest BCUT2D eigenvalue weighted by atomic mass is 31.1. The molecule has 0 aromatic carbocycles. The van der Waals surface area contributed by atoms with E-state index in [-0.39, 0.29) is 25.6 Å². The fourth-order valence-corrected chi connectivity index (χ4v) is 3.47. The molecule has 2 N–H and O–H groups in total. The monoisotopic (exact) mass is 351 g/mol. The Kier molecular flexibility index (Phi) is 9.09. The summed E-state index contributed by atoms with van der Waals surface area (Å²) < 4.78 is 21.8. The van der Waals surface area contributed by atoms with Crippen molar-refractivity contribution in [1.82, 2.24) is 5.32 Å². The van der Waals surface area contributed by atoms with Gasteiger partial charge < -0.3 is 19.7 Å². The van der Waals surface area contributed by atoms with Crippen molar-refractivity contribution in [3.63, 3.8) is 0 Å². The van der Waals surface area contributed by atoms with Crippen LogP contribution in [0.5, 0.6) is 0 Å². The van der Waals surface area contributed by atoms with Gasteiger partial charge in [-0.3, -0.25) is 18.9 Å². The van der Waals surface area contributed by atoms with Crippen molar-refractivity contribution >= 4 is 25.9 Å². The van der Waals surface area contributed by atoms with Gasteiger partial charge in [0.05, 0.1) is 13.2 Å². The predicted octanol–water partition coefficient (Wildman–Crippen LogP) is 1.07. The van der Waals surface area contributed by atoms with Crippen LogP contribution in [0, 0.1) is 11.3 Å². The summed E-state index contributed by atoms with van der Waals surface area (Å²) in [5, 5.41) is 2.25. The number of ether oxygens (including phenoxy) is 2. The molecule has 8 nitrogen and oxygen atoms in total. The maximum absolute atomic E-state index is 12.5. The van der Waals surface area contributed by atoms with Crippen LogP contribution in [0.4, 0.5) is 0 Å². The van der Waals surface area contributed by atoms with Crippen molar-refractivity contribution < 1.29 is 33.3 Å². The van der Waals surface area contributed by atoms with Gasteiger partial charge in [0.1, 0.15) is 5.78 Å². The molecule has 0 saturated heterocycles. The molecule has 134 valence electrons. The molecule has 0 rings (SSSR count). The molecule has 0 fully saturated rings. The highest BCUT2D eigenvalue weighted by molar-refractivity contribution is 7.39. The van der Waals surface area contributed by atoms with Crippen molar-refractivity contribution in [2.75, 3.05) is 13.2 Å². The first-order valence-corrected chi connectivity index (χ1v) is 8.91. The zero-order chi connectivity index (χ0) is 18.2. The third-order valence-electron chi connectivity index (χ3n) is 3.10. The quantitative estimate of drug-likeness (QED) is 0.362. The summed E-state index contributed by atoms with van der Waals surface area (Å²) in [5.41, 5.74) is -2.06. The number of esters is 2. The van der Waals surface area contributed by atoms with Gasteiger partial charge in [0.25, 0.3) is 0 Å². The first-order chi connectivity index (χ1) is 10.6. The minimum atomic E-state index is -3.48. The van der Waals surface area contributed by atoms with Crippen molar-refractivity contribution in [3.05, 3.63) is 0 Å². The second kappa shape index (κ2) is 9.67. The molecule has 0 heterocycles. The van der Waals surface area contributed by atoms with Crippen LogP contribution in [0.15, 0.2) is 0 Å². The summed E-state index contributed by atoms with van der Waals surface area (Å²) in [6, 6.07) is 0. The summed E-state index contributed by atoms with van der Waals surface area (Å²) in [6.45, 7) is 7.69. The van der Waals surface area contributed by atoms with E-state index in [2.05, 4.69) is 5.32 Å². The number of nitrogens with one attached hydrogen (secondary N) is 1. The molecule has 0 saturated carbocycles. The SMILES string of the molecule is CCOC(=O)C(CC(C)C)(C(=O)OCC)C(NC(C)=O)[PH](=O)O. The van der Waals surface area contributed by atoms with Gasteiger partial charge in [-0.2, -0.15) is 0 Å². The van der Waals surface area contributed by atoms with Gasteiger partial charge in [0, 0.05) is 6.92 Å². The number of carbonyl (C=O) groups excluding carboxylic acids is 3. The van der Waals surface area contributed by atoms with E-state index in [1.165, 1.54) is 0 Å². The predicted molar refractivity (Wildman–Crippen MR) is 84.0 cm³/mol. The molecule has 0 bridgehead atoms. The van der Waals surface area contributed by atoms with Crippen LogP contribution >= 0.6 is 8.03 Å². The molecule has 0 aliphatic heterocycles.